The minimum atomic E-state index is -0.302. The van der Waals surface area contributed by atoms with Gasteiger partial charge in [-0.2, -0.15) is 4.52 Å². The Labute approximate surface area is 232 Å². The lowest BCUT2D eigenvalue weighted by Crippen LogP contribution is -2.12. The number of rotatable bonds is 9. The molecule has 1 amide bonds. The number of para-hydroxylation sites is 1. The number of hydrogen-bond acceptors (Lipinski definition) is 10. The van der Waals surface area contributed by atoms with Gasteiger partial charge in [-0.3, -0.25) is 4.79 Å². The second-order valence-electron chi connectivity index (χ2n) is 8.54. The molecular weight excluding hydrogens is 530 g/mol. The summed E-state index contributed by atoms with van der Waals surface area (Å²) in [5, 5.41) is 13.1. The van der Waals surface area contributed by atoms with Crippen LogP contribution in [0.2, 0.25) is 0 Å². The van der Waals surface area contributed by atoms with E-state index in [1.165, 1.54) is 11.3 Å². The van der Waals surface area contributed by atoms with Crippen molar-refractivity contribution in [2.75, 3.05) is 24.9 Å². The molecule has 6 aromatic rings. The smallest absolute Gasteiger partial charge is 0.275 e. The van der Waals surface area contributed by atoms with E-state index >= 15 is 0 Å². The summed E-state index contributed by atoms with van der Waals surface area (Å²) in [4.78, 5) is 26.7. The molecule has 200 valence electrons. The number of carbonyl (C=O) groups is 1. The van der Waals surface area contributed by atoms with Crippen LogP contribution in [-0.4, -0.2) is 44.7 Å². The number of ether oxygens (including phenoxy) is 2. The van der Waals surface area contributed by atoms with Crippen molar-refractivity contribution in [3.05, 3.63) is 89.8 Å². The summed E-state index contributed by atoms with van der Waals surface area (Å²) in [5.74, 6) is 2.36. The monoisotopic (exact) mass is 553 g/mol. The van der Waals surface area contributed by atoms with Crippen molar-refractivity contribution in [3.63, 3.8) is 0 Å². The summed E-state index contributed by atoms with van der Waals surface area (Å²) in [6.07, 6.45) is 3.24. The normalized spacial score (nSPS) is 10.9. The molecule has 0 aliphatic rings. The maximum absolute atomic E-state index is 12.8. The zero-order chi connectivity index (χ0) is 27.5. The fourth-order valence-corrected chi connectivity index (χ4v) is 4.85. The molecule has 2 aromatic carbocycles. The maximum atomic E-state index is 12.8. The lowest BCUT2D eigenvalue weighted by molar-refractivity contribution is 0.102. The molecule has 6 rings (SSSR count). The molecule has 0 fully saturated rings. The summed E-state index contributed by atoms with van der Waals surface area (Å²) in [5.41, 5.74) is 3.09. The number of thiazole rings is 1. The number of hydrogen-bond donors (Lipinski definition) is 2. The van der Waals surface area contributed by atoms with Crippen LogP contribution < -0.4 is 20.1 Å². The van der Waals surface area contributed by atoms with Crippen molar-refractivity contribution in [3.8, 4) is 33.7 Å². The molecule has 0 radical (unpaired) electrons. The van der Waals surface area contributed by atoms with E-state index < -0.39 is 0 Å². The van der Waals surface area contributed by atoms with Crippen LogP contribution in [0.1, 0.15) is 16.1 Å². The molecule has 4 aromatic heterocycles. The highest BCUT2D eigenvalue weighted by Crippen LogP contribution is 2.31. The summed E-state index contributed by atoms with van der Waals surface area (Å²) >= 11 is 1.32. The number of fused-ring (bicyclic) bond motifs is 1. The third kappa shape index (κ3) is 4.95. The fourth-order valence-electron chi connectivity index (χ4n) is 4.04. The van der Waals surface area contributed by atoms with E-state index in [1.807, 2.05) is 48.5 Å². The minimum absolute atomic E-state index is 0.295. The first-order chi connectivity index (χ1) is 19.6. The van der Waals surface area contributed by atoms with E-state index in [4.69, 9.17) is 18.9 Å². The molecule has 0 bridgehead atoms. The molecule has 11 nitrogen and oxygen atoms in total. The lowest BCUT2D eigenvalue weighted by atomic mass is 10.2. The zero-order valence-corrected chi connectivity index (χ0v) is 22.3. The standard InChI is InChI=1S/C28H23N7O4S/c1-37-21-11-10-17(13-23(21)38-2)14-29-28-30-15-19(25-33-24(34-35(25)28)22-9-6-12-39-22)27-32-20(16-40-27)26(36)31-18-7-4-3-5-8-18/h3-13,15-16H,14H2,1-2H3,(H,29,30)(H,31,36). The van der Waals surface area contributed by atoms with Crippen molar-refractivity contribution in [2.45, 2.75) is 6.54 Å². The van der Waals surface area contributed by atoms with Gasteiger partial charge in [0.15, 0.2) is 22.9 Å². The third-order valence-electron chi connectivity index (χ3n) is 6.00. The van der Waals surface area contributed by atoms with Gasteiger partial charge in [0.25, 0.3) is 5.91 Å². The van der Waals surface area contributed by atoms with E-state index in [0.29, 0.717) is 63.2 Å². The number of nitrogens with zero attached hydrogens (tertiary/aromatic N) is 5. The molecule has 0 aliphatic heterocycles. The van der Waals surface area contributed by atoms with E-state index in [0.717, 1.165) is 5.56 Å². The van der Waals surface area contributed by atoms with Gasteiger partial charge in [0, 0.05) is 23.8 Å². The van der Waals surface area contributed by atoms with Gasteiger partial charge in [0.05, 0.1) is 26.0 Å². The largest absolute Gasteiger partial charge is 0.493 e. The number of carbonyl (C=O) groups excluding carboxylic acids is 1. The Bertz CT molecular complexity index is 1780. The van der Waals surface area contributed by atoms with Gasteiger partial charge in [0.2, 0.25) is 11.8 Å². The number of benzene rings is 2. The average molecular weight is 554 g/mol. The Hall–Kier alpha value is -5.23. The van der Waals surface area contributed by atoms with E-state index in [9.17, 15) is 4.79 Å². The minimum Gasteiger partial charge on any atom is -0.493 e. The predicted molar refractivity (Wildman–Crippen MR) is 151 cm³/mol. The number of anilines is 2. The van der Waals surface area contributed by atoms with E-state index in [-0.39, 0.29) is 5.91 Å². The van der Waals surface area contributed by atoms with E-state index in [2.05, 4.69) is 25.7 Å². The van der Waals surface area contributed by atoms with Crippen molar-refractivity contribution in [1.82, 2.24) is 24.6 Å². The van der Waals surface area contributed by atoms with Crippen molar-refractivity contribution >= 4 is 34.5 Å². The molecular formula is C28H23N7O4S. The topological polar surface area (TPSA) is 129 Å². The highest BCUT2D eigenvalue weighted by molar-refractivity contribution is 7.13. The average Bonchev–Trinajstić information content (AvgIpc) is 3.77. The van der Waals surface area contributed by atoms with Crippen LogP contribution >= 0.6 is 11.3 Å². The molecule has 0 aliphatic carbocycles. The molecule has 0 atom stereocenters. The number of furan rings is 1. The Kier molecular flexibility index (Phi) is 6.81. The van der Waals surface area contributed by atoms with Gasteiger partial charge < -0.3 is 24.5 Å². The highest BCUT2D eigenvalue weighted by atomic mass is 32.1. The van der Waals surface area contributed by atoms with Gasteiger partial charge in [-0.1, -0.05) is 24.3 Å². The van der Waals surface area contributed by atoms with Gasteiger partial charge >= 0.3 is 0 Å². The van der Waals surface area contributed by atoms with Gasteiger partial charge in [-0.15, -0.1) is 16.4 Å². The van der Waals surface area contributed by atoms with Crippen LogP contribution in [0.25, 0.3) is 27.8 Å². The molecule has 0 saturated heterocycles. The first-order valence-corrected chi connectivity index (χ1v) is 13.1. The summed E-state index contributed by atoms with van der Waals surface area (Å²) in [6.45, 7) is 0.443. The molecule has 0 saturated carbocycles. The first-order valence-electron chi connectivity index (χ1n) is 12.2. The van der Waals surface area contributed by atoms with Crippen LogP contribution in [0.4, 0.5) is 11.6 Å². The van der Waals surface area contributed by atoms with Crippen molar-refractivity contribution < 1.29 is 18.7 Å². The van der Waals surface area contributed by atoms with Crippen LogP contribution in [0.15, 0.2) is 82.9 Å². The van der Waals surface area contributed by atoms with E-state index in [1.54, 1.807) is 48.7 Å². The number of aromatic nitrogens is 5. The summed E-state index contributed by atoms with van der Waals surface area (Å²) < 4.78 is 17.9. The van der Waals surface area contributed by atoms with Crippen molar-refractivity contribution in [2.24, 2.45) is 0 Å². The lowest BCUT2D eigenvalue weighted by Gasteiger charge is -2.11. The van der Waals surface area contributed by atoms with Crippen LogP contribution in [0, 0.1) is 0 Å². The molecule has 40 heavy (non-hydrogen) atoms. The number of methoxy groups -OCH3 is 2. The molecule has 12 heteroatoms. The predicted octanol–water partition coefficient (Wildman–Crippen LogP) is 5.39. The van der Waals surface area contributed by atoms with Crippen LogP contribution in [0.3, 0.4) is 0 Å². The highest BCUT2D eigenvalue weighted by Gasteiger charge is 2.20. The second kappa shape index (κ2) is 10.9. The molecule has 4 heterocycles. The fraction of sp³-hybridized carbons (Fsp3) is 0.107. The van der Waals surface area contributed by atoms with Gasteiger partial charge in [-0.05, 0) is 42.0 Å². The Morgan fingerprint density at radius 2 is 1.88 bits per heavy atom. The number of amides is 1. The zero-order valence-electron chi connectivity index (χ0n) is 21.5. The Balaban J connectivity index is 1.33. The molecule has 2 N–H and O–H groups in total. The van der Waals surface area contributed by atoms with Gasteiger partial charge in [-0.25, -0.2) is 15.0 Å². The number of nitrogens with one attached hydrogen (secondary N) is 2. The SMILES string of the molecule is COc1ccc(CNc2ncc(-c3nc(C(=O)Nc4ccccc4)cs3)c3nc(-c4ccco4)nn23)cc1OC. The third-order valence-corrected chi connectivity index (χ3v) is 6.88. The maximum Gasteiger partial charge on any atom is 0.275 e. The van der Waals surface area contributed by atoms with Gasteiger partial charge in [0.1, 0.15) is 10.7 Å². The quantitative estimate of drug-likeness (QED) is 0.242. The van der Waals surface area contributed by atoms with Crippen molar-refractivity contribution in [1.29, 1.82) is 0 Å². The first kappa shape index (κ1) is 25.1. The van der Waals surface area contributed by atoms with Crippen LogP contribution in [0.5, 0.6) is 11.5 Å². The molecule has 0 unspecified atom stereocenters. The van der Waals surface area contributed by atoms with Crippen LogP contribution in [-0.2, 0) is 6.54 Å². The Morgan fingerprint density at radius 3 is 2.65 bits per heavy atom. The summed E-state index contributed by atoms with van der Waals surface area (Å²) in [6, 6.07) is 18.5. The second-order valence-corrected chi connectivity index (χ2v) is 9.40. The summed E-state index contributed by atoms with van der Waals surface area (Å²) in [7, 11) is 3.19. The Morgan fingerprint density at radius 1 is 1.02 bits per heavy atom. The molecule has 0 spiro atoms.